The van der Waals surface area contributed by atoms with E-state index in [1.165, 1.54) is 12.0 Å². The second-order valence-corrected chi connectivity index (χ2v) is 8.27. The number of carboxylic acid groups (broad SMARTS) is 1. The Kier molecular flexibility index (Phi) is 7.31. The summed E-state index contributed by atoms with van der Waals surface area (Å²) in [5.41, 5.74) is 4.18. The highest BCUT2D eigenvalue weighted by molar-refractivity contribution is 5.92. The van der Waals surface area contributed by atoms with E-state index in [2.05, 4.69) is 5.32 Å². The van der Waals surface area contributed by atoms with Gasteiger partial charge in [-0.15, -0.1) is 0 Å². The molecule has 4 rings (SSSR count). The molecule has 2 amide bonds. The monoisotopic (exact) mass is 482 g/mol. The van der Waals surface area contributed by atoms with Crippen LogP contribution in [0.4, 0.5) is 4.79 Å². The van der Waals surface area contributed by atoms with E-state index in [9.17, 15) is 24.3 Å². The summed E-state index contributed by atoms with van der Waals surface area (Å²) in [4.78, 5) is 50.4. The minimum absolute atomic E-state index is 0.0101. The molecule has 0 bridgehead atoms. The fourth-order valence-corrected chi connectivity index (χ4v) is 4.56. The average molecular weight is 482 g/mol. The Labute approximate surface area is 201 Å². The number of hydrogen-bond acceptors (Lipinski definition) is 7. The van der Waals surface area contributed by atoms with E-state index >= 15 is 0 Å². The molecule has 0 saturated carbocycles. The fraction of sp³-hybridized carbons (Fsp3) is 0.360. The Balaban J connectivity index is 1.45. The Morgan fingerprint density at radius 1 is 1.09 bits per heavy atom. The molecule has 10 heteroatoms. The lowest BCUT2D eigenvalue weighted by atomic mass is 9.98. The van der Waals surface area contributed by atoms with Crippen molar-refractivity contribution >= 4 is 23.9 Å². The minimum Gasteiger partial charge on any atom is -0.481 e. The lowest BCUT2D eigenvalue weighted by Crippen LogP contribution is -2.58. The summed E-state index contributed by atoms with van der Waals surface area (Å²) >= 11 is 0. The Hall–Kier alpha value is -3.92. The molecule has 2 aromatic carbocycles. The zero-order chi connectivity index (χ0) is 24.9. The van der Waals surface area contributed by atoms with Gasteiger partial charge in [0.25, 0.3) is 0 Å². The van der Waals surface area contributed by atoms with Crippen LogP contribution in [0.3, 0.4) is 0 Å². The van der Waals surface area contributed by atoms with Crippen LogP contribution in [0.5, 0.6) is 0 Å². The topological polar surface area (TPSA) is 131 Å². The first-order valence-electron chi connectivity index (χ1n) is 11.2. The first kappa shape index (κ1) is 24.2. The summed E-state index contributed by atoms with van der Waals surface area (Å²) in [5.74, 6) is -2.89. The van der Waals surface area contributed by atoms with Crippen LogP contribution in [0.1, 0.15) is 23.5 Å². The number of fused-ring (bicyclic) bond motifs is 3. The lowest BCUT2D eigenvalue weighted by molar-refractivity contribution is -0.162. The largest absolute Gasteiger partial charge is 0.481 e. The third-order valence-corrected chi connectivity index (χ3v) is 6.20. The van der Waals surface area contributed by atoms with E-state index in [-0.39, 0.29) is 32.3 Å². The van der Waals surface area contributed by atoms with Crippen LogP contribution in [0.15, 0.2) is 48.5 Å². The van der Waals surface area contributed by atoms with E-state index in [1.807, 2.05) is 48.5 Å². The molecule has 1 aliphatic heterocycles. The van der Waals surface area contributed by atoms with Crippen LogP contribution in [0.2, 0.25) is 0 Å². The van der Waals surface area contributed by atoms with Gasteiger partial charge in [-0.2, -0.15) is 0 Å². The number of amides is 2. The van der Waals surface area contributed by atoms with Gasteiger partial charge in [-0.1, -0.05) is 48.5 Å². The van der Waals surface area contributed by atoms with Crippen molar-refractivity contribution in [3.8, 4) is 11.1 Å². The molecule has 1 aliphatic carbocycles. The van der Waals surface area contributed by atoms with Crippen molar-refractivity contribution in [2.75, 3.05) is 33.5 Å². The summed E-state index contributed by atoms with van der Waals surface area (Å²) in [5, 5.41) is 11.7. The van der Waals surface area contributed by atoms with Gasteiger partial charge in [-0.3, -0.25) is 9.59 Å². The maximum Gasteiger partial charge on any atom is 0.407 e. The number of morpholine rings is 1. The third kappa shape index (κ3) is 5.12. The van der Waals surface area contributed by atoms with Gasteiger partial charge in [0.15, 0.2) is 6.04 Å². The predicted molar refractivity (Wildman–Crippen MR) is 123 cm³/mol. The highest BCUT2D eigenvalue weighted by atomic mass is 16.5. The van der Waals surface area contributed by atoms with Crippen molar-refractivity contribution in [3.05, 3.63) is 59.7 Å². The molecule has 0 radical (unpaired) electrons. The normalized spacial score (nSPS) is 17.6. The Morgan fingerprint density at radius 2 is 1.71 bits per heavy atom. The number of carbonyl (C=O) groups is 4. The molecule has 2 aromatic rings. The molecule has 2 aliphatic rings. The highest BCUT2D eigenvalue weighted by Gasteiger charge is 2.38. The van der Waals surface area contributed by atoms with Gasteiger partial charge in [0, 0.05) is 12.5 Å². The molecule has 0 spiro atoms. The summed E-state index contributed by atoms with van der Waals surface area (Å²) in [6.07, 6.45) is -1.59. The molecule has 1 saturated heterocycles. The predicted octanol–water partition coefficient (Wildman–Crippen LogP) is 1.77. The van der Waals surface area contributed by atoms with E-state index < -0.39 is 42.4 Å². The van der Waals surface area contributed by atoms with E-state index in [4.69, 9.17) is 14.2 Å². The highest BCUT2D eigenvalue weighted by Crippen LogP contribution is 2.44. The molecule has 2 unspecified atom stereocenters. The van der Waals surface area contributed by atoms with E-state index in [0.717, 1.165) is 22.3 Å². The second kappa shape index (κ2) is 10.6. The zero-order valence-corrected chi connectivity index (χ0v) is 19.1. The number of ether oxygens (including phenoxy) is 3. The summed E-state index contributed by atoms with van der Waals surface area (Å²) < 4.78 is 15.4. The van der Waals surface area contributed by atoms with Crippen LogP contribution in [-0.4, -0.2) is 79.5 Å². The van der Waals surface area contributed by atoms with Crippen molar-refractivity contribution in [3.63, 3.8) is 0 Å². The van der Waals surface area contributed by atoms with E-state index in [0.29, 0.717) is 0 Å². The minimum atomic E-state index is -1.42. The van der Waals surface area contributed by atoms with Gasteiger partial charge in [-0.25, -0.2) is 9.59 Å². The maximum atomic E-state index is 13.1. The second-order valence-electron chi connectivity index (χ2n) is 8.27. The number of carboxylic acids is 1. The number of methoxy groups -OCH3 is 1. The standard InChI is InChI=1S/C25H26N2O8/c1-33-24(31)21-14-34-11-10-27(21)23(30)20(12-22(28)29)26-25(32)35-13-19-17-8-4-2-6-15(17)16-7-3-5-9-18(16)19/h2-9,19-21H,10-14H2,1H3,(H,26,32)(H,28,29). The molecule has 1 fully saturated rings. The van der Waals surface area contributed by atoms with Gasteiger partial charge in [0.2, 0.25) is 5.91 Å². The van der Waals surface area contributed by atoms with Crippen LogP contribution in [0.25, 0.3) is 11.1 Å². The quantitative estimate of drug-likeness (QED) is 0.571. The van der Waals surface area contributed by atoms with Gasteiger partial charge in [0.1, 0.15) is 12.6 Å². The van der Waals surface area contributed by atoms with Crippen molar-refractivity contribution in [2.24, 2.45) is 0 Å². The first-order chi connectivity index (χ1) is 16.9. The number of rotatable bonds is 7. The van der Waals surface area contributed by atoms with Crippen LogP contribution >= 0.6 is 0 Å². The van der Waals surface area contributed by atoms with Crippen molar-refractivity contribution < 1.29 is 38.5 Å². The van der Waals surface area contributed by atoms with Crippen molar-refractivity contribution in [1.82, 2.24) is 10.2 Å². The number of hydrogen-bond donors (Lipinski definition) is 2. The molecule has 1 heterocycles. The molecule has 184 valence electrons. The fourth-order valence-electron chi connectivity index (χ4n) is 4.56. The lowest BCUT2D eigenvalue weighted by Gasteiger charge is -2.35. The Morgan fingerprint density at radius 3 is 2.31 bits per heavy atom. The molecular weight excluding hydrogens is 456 g/mol. The van der Waals surface area contributed by atoms with E-state index in [1.54, 1.807) is 0 Å². The SMILES string of the molecule is COC(=O)C1COCCN1C(=O)C(CC(=O)O)NC(=O)OCC1c2ccccc2-c2ccccc21. The number of aliphatic carboxylic acids is 1. The average Bonchev–Trinajstić information content (AvgIpc) is 3.19. The Bertz CT molecular complexity index is 1090. The number of esters is 1. The van der Waals surface area contributed by atoms with Crippen molar-refractivity contribution in [1.29, 1.82) is 0 Å². The molecular formula is C25H26N2O8. The van der Waals surface area contributed by atoms with Crippen LogP contribution in [-0.2, 0) is 28.6 Å². The van der Waals surface area contributed by atoms with Crippen LogP contribution in [0, 0.1) is 0 Å². The molecule has 2 N–H and O–H groups in total. The first-order valence-corrected chi connectivity index (χ1v) is 11.2. The third-order valence-electron chi connectivity index (χ3n) is 6.20. The molecule has 2 atom stereocenters. The molecule has 10 nitrogen and oxygen atoms in total. The van der Waals surface area contributed by atoms with Gasteiger partial charge in [0.05, 0.1) is 26.7 Å². The number of nitrogens with one attached hydrogen (secondary N) is 1. The summed E-state index contributed by atoms with van der Waals surface area (Å²) in [7, 11) is 1.18. The van der Waals surface area contributed by atoms with Gasteiger partial charge >= 0.3 is 18.0 Å². The summed E-state index contributed by atoms with van der Waals surface area (Å²) in [6.45, 7) is 0.157. The maximum absolute atomic E-state index is 13.1. The number of carbonyl (C=O) groups excluding carboxylic acids is 3. The van der Waals surface area contributed by atoms with Crippen molar-refractivity contribution in [2.45, 2.75) is 24.4 Å². The molecule has 35 heavy (non-hydrogen) atoms. The number of alkyl carbamates (subject to hydrolysis) is 1. The smallest absolute Gasteiger partial charge is 0.407 e. The van der Waals surface area contributed by atoms with Gasteiger partial charge < -0.3 is 29.5 Å². The number of benzene rings is 2. The zero-order valence-electron chi connectivity index (χ0n) is 19.1. The number of nitrogens with zero attached hydrogens (tertiary/aromatic N) is 1. The van der Waals surface area contributed by atoms with Gasteiger partial charge in [-0.05, 0) is 22.3 Å². The molecule has 0 aromatic heterocycles. The summed E-state index contributed by atoms with van der Waals surface area (Å²) in [6, 6.07) is 13.2. The van der Waals surface area contributed by atoms with Crippen LogP contribution < -0.4 is 5.32 Å².